The van der Waals surface area contributed by atoms with E-state index in [4.69, 9.17) is 5.73 Å². The van der Waals surface area contributed by atoms with E-state index in [1.165, 1.54) is 11.8 Å². The fourth-order valence-corrected chi connectivity index (χ4v) is 2.19. The lowest BCUT2D eigenvalue weighted by molar-refractivity contribution is -0.125. The van der Waals surface area contributed by atoms with Crippen molar-refractivity contribution in [2.24, 2.45) is 0 Å². The van der Waals surface area contributed by atoms with Crippen LogP contribution in [0.5, 0.6) is 0 Å². The number of hydrogen-bond donors (Lipinski definition) is 1. The van der Waals surface area contributed by atoms with Gasteiger partial charge in [0, 0.05) is 25.6 Å². The fourth-order valence-electron chi connectivity index (χ4n) is 1.19. The van der Waals surface area contributed by atoms with Crippen LogP contribution in [0.25, 0.3) is 0 Å². The Bertz CT molecular complexity index is 446. The van der Waals surface area contributed by atoms with E-state index >= 15 is 0 Å². The van der Waals surface area contributed by atoms with Gasteiger partial charge in [0.05, 0.1) is 5.75 Å². The summed E-state index contributed by atoms with van der Waals surface area (Å²) in [5, 5.41) is 0.793. The van der Waals surface area contributed by atoms with Gasteiger partial charge in [0.1, 0.15) is 16.7 Å². The molecule has 2 N–H and O–H groups in total. The zero-order valence-electron chi connectivity index (χ0n) is 11.5. The van der Waals surface area contributed by atoms with Crippen LogP contribution in [-0.4, -0.2) is 40.6 Å². The molecule has 0 aliphatic carbocycles. The van der Waals surface area contributed by atoms with E-state index in [0.29, 0.717) is 11.6 Å². The van der Waals surface area contributed by atoms with Crippen LogP contribution in [0.2, 0.25) is 0 Å². The summed E-state index contributed by atoms with van der Waals surface area (Å²) in [6.45, 7) is 5.91. The average Bonchev–Trinajstić information content (AvgIpc) is 2.29. The Morgan fingerprint density at radius 1 is 1.39 bits per heavy atom. The second-order valence-corrected chi connectivity index (χ2v) is 5.59. The predicted molar refractivity (Wildman–Crippen MR) is 74.7 cm³/mol. The molecule has 0 aliphatic rings. The third-order valence-corrected chi connectivity index (χ3v) is 3.57. The van der Waals surface area contributed by atoms with Gasteiger partial charge in [-0.3, -0.25) is 4.79 Å². The summed E-state index contributed by atoms with van der Waals surface area (Å²) in [5.41, 5.74) is 6.71. The number of rotatable bonds is 4. The second-order valence-electron chi connectivity index (χ2n) is 4.63. The van der Waals surface area contributed by atoms with Crippen molar-refractivity contribution in [2.45, 2.75) is 31.7 Å². The summed E-state index contributed by atoms with van der Waals surface area (Å²) in [6.07, 6.45) is 0. The van der Waals surface area contributed by atoms with E-state index < -0.39 is 0 Å². The number of carbonyl (C=O) groups excluding carboxylic acids is 1. The van der Waals surface area contributed by atoms with Gasteiger partial charge in [-0.25, -0.2) is 9.97 Å². The monoisotopic (exact) mass is 268 g/mol. The number of thioether (sulfide) groups is 1. The van der Waals surface area contributed by atoms with E-state index in [1.807, 2.05) is 20.8 Å². The lowest BCUT2D eigenvalue weighted by Gasteiger charge is -2.13. The van der Waals surface area contributed by atoms with Crippen LogP contribution >= 0.6 is 11.8 Å². The quantitative estimate of drug-likeness (QED) is 0.664. The molecule has 0 bridgehead atoms. The number of carbonyl (C=O) groups is 1. The number of hydrogen-bond acceptors (Lipinski definition) is 5. The van der Waals surface area contributed by atoms with Crippen molar-refractivity contribution >= 4 is 23.5 Å². The highest BCUT2D eigenvalue weighted by molar-refractivity contribution is 7.99. The van der Waals surface area contributed by atoms with Gasteiger partial charge in [-0.1, -0.05) is 25.6 Å². The van der Waals surface area contributed by atoms with Crippen LogP contribution in [0.3, 0.4) is 0 Å². The van der Waals surface area contributed by atoms with Crippen molar-refractivity contribution in [3.63, 3.8) is 0 Å². The number of nitrogens with zero attached hydrogens (tertiary/aromatic N) is 3. The Morgan fingerprint density at radius 2 is 2.00 bits per heavy atom. The number of anilines is 1. The number of amides is 1. The van der Waals surface area contributed by atoms with Crippen molar-refractivity contribution in [3.05, 3.63) is 11.4 Å². The van der Waals surface area contributed by atoms with Crippen molar-refractivity contribution in [1.29, 1.82) is 0 Å². The summed E-state index contributed by atoms with van der Waals surface area (Å²) in [6, 6.07) is 0. The topological polar surface area (TPSA) is 72.1 Å². The molecule has 1 heterocycles. The van der Waals surface area contributed by atoms with Crippen molar-refractivity contribution in [2.75, 3.05) is 25.6 Å². The maximum Gasteiger partial charge on any atom is 0.232 e. The lowest BCUT2D eigenvalue weighted by Crippen LogP contribution is -2.23. The maximum atomic E-state index is 11.6. The van der Waals surface area contributed by atoms with Gasteiger partial charge >= 0.3 is 0 Å². The molecule has 0 fully saturated rings. The largest absolute Gasteiger partial charge is 0.383 e. The Morgan fingerprint density at radius 3 is 2.50 bits per heavy atom. The summed E-state index contributed by atoms with van der Waals surface area (Å²) in [7, 11) is 3.48. The van der Waals surface area contributed by atoms with Crippen LogP contribution in [0.4, 0.5) is 5.82 Å². The molecule has 5 nitrogen and oxygen atoms in total. The standard InChI is InChI=1S/C12H20N4OS/c1-7(2)11-14-10(13)8(3)12(15-11)18-6-9(17)16(4)5/h7H,6H2,1-5H3,(H2,13,14,15). The molecule has 100 valence electrons. The number of nitrogen functional groups attached to an aromatic ring is 1. The predicted octanol–water partition coefficient (Wildman–Crippen LogP) is 1.67. The minimum Gasteiger partial charge on any atom is -0.383 e. The van der Waals surface area contributed by atoms with Gasteiger partial charge in [-0.05, 0) is 6.92 Å². The zero-order chi connectivity index (χ0) is 13.9. The van der Waals surface area contributed by atoms with Crippen molar-refractivity contribution in [3.8, 4) is 0 Å². The van der Waals surface area contributed by atoms with Gasteiger partial charge in [0.2, 0.25) is 5.91 Å². The molecule has 0 aliphatic heterocycles. The summed E-state index contributed by atoms with van der Waals surface area (Å²) < 4.78 is 0. The van der Waals surface area contributed by atoms with Crippen molar-refractivity contribution < 1.29 is 4.79 Å². The Labute approximate surface area is 112 Å². The first-order valence-corrected chi connectivity index (χ1v) is 6.78. The number of aromatic nitrogens is 2. The van der Waals surface area contributed by atoms with E-state index in [1.54, 1.807) is 19.0 Å². The van der Waals surface area contributed by atoms with Crippen molar-refractivity contribution in [1.82, 2.24) is 14.9 Å². The third kappa shape index (κ3) is 3.60. The Balaban J connectivity index is 2.91. The summed E-state index contributed by atoms with van der Waals surface area (Å²) in [4.78, 5) is 21.8. The summed E-state index contributed by atoms with van der Waals surface area (Å²) >= 11 is 1.41. The number of nitrogens with two attached hydrogens (primary N) is 1. The van der Waals surface area contributed by atoms with E-state index in [-0.39, 0.29) is 11.8 Å². The SMILES string of the molecule is Cc1c(N)nc(C(C)C)nc1SCC(=O)N(C)C. The van der Waals surface area contributed by atoms with Gasteiger partial charge in [0.15, 0.2) is 0 Å². The molecule has 18 heavy (non-hydrogen) atoms. The van der Waals surface area contributed by atoms with Crippen LogP contribution in [0, 0.1) is 6.92 Å². The van der Waals surface area contributed by atoms with Gasteiger partial charge in [-0.2, -0.15) is 0 Å². The highest BCUT2D eigenvalue weighted by Crippen LogP contribution is 2.25. The first kappa shape index (κ1) is 14.8. The summed E-state index contributed by atoms with van der Waals surface area (Å²) in [5.74, 6) is 1.85. The smallest absolute Gasteiger partial charge is 0.232 e. The normalized spacial score (nSPS) is 10.8. The van der Waals surface area contributed by atoms with Gasteiger partial charge < -0.3 is 10.6 Å². The molecule has 1 rings (SSSR count). The molecule has 0 spiro atoms. The maximum absolute atomic E-state index is 11.6. The molecule has 6 heteroatoms. The highest BCUT2D eigenvalue weighted by atomic mass is 32.2. The van der Waals surface area contributed by atoms with E-state index in [9.17, 15) is 4.79 Å². The minimum absolute atomic E-state index is 0.0580. The first-order chi connectivity index (χ1) is 8.32. The Kier molecular flexibility index (Phi) is 4.95. The molecule has 1 amide bonds. The molecule has 0 aromatic carbocycles. The average molecular weight is 268 g/mol. The molecule has 0 saturated heterocycles. The fraction of sp³-hybridized carbons (Fsp3) is 0.583. The van der Waals surface area contributed by atoms with Gasteiger partial charge in [-0.15, -0.1) is 0 Å². The molecule has 0 saturated carbocycles. The molecule has 0 atom stereocenters. The highest BCUT2D eigenvalue weighted by Gasteiger charge is 2.13. The zero-order valence-corrected chi connectivity index (χ0v) is 12.3. The Hall–Kier alpha value is -1.30. The molecular weight excluding hydrogens is 248 g/mol. The lowest BCUT2D eigenvalue weighted by atomic mass is 10.2. The molecule has 0 radical (unpaired) electrons. The van der Waals surface area contributed by atoms with Crippen LogP contribution in [0.1, 0.15) is 31.2 Å². The molecule has 1 aromatic heterocycles. The second kappa shape index (κ2) is 6.04. The van der Waals surface area contributed by atoms with Crippen LogP contribution < -0.4 is 5.73 Å². The molecular formula is C12H20N4OS. The molecule has 1 aromatic rings. The van der Waals surface area contributed by atoms with Crippen LogP contribution in [-0.2, 0) is 4.79 Å². The van der Waals surface area contributed by atoms with Gasteiger partial charge in [0.25, 0.3) is 0 Å². The minimum atomic E-state index is 0.0580. The third-order valence-electron chi connectivity index (χ3n) is 2.50. The van der Waals surface area contributed by atoms with Crippen LogP contribution in [0.15, 0.2) is 5.03 Å². The van der Waals surface area contributed by atoms with E-state index in [2.05, 4.69) is 9.97 Å². The first-order valence-electron chi connectivity index (χ1n) is 5.79. The van der Waals surface area contributed by atoms with E-state index in [0.717, 1.165) is 16.4 Å². The molecule has 0 unspecified atom stereocenters.